The van der Waals surface area contributed by atoms with Crippen LogP contribution in [-0.2, 0) is 9.47 Å². The van der Waals surface area contributed by atoms with Gasteiger partial charge in [-0.05, 0) is 63.1 Å². The third-order valence-electron chi connectivity index (χ3n) is 4.13. The van der Waals surface area contributed by atoms with Crippen molar-refractivity contribution in [2.24, 2.45) is 5.84 Å². The molecule has 162 valence electrons. The molecule has 0 saturated carbocycles. The van der Waals surface area contributed by atoms with Crippen molar-refractivity contribution in [3.63, 3.8) is 0 Å². The van der Waals surface area contributed by atoms with Gasteiger partial charge in [0.15, 0.2) is 0 Å². The maximum absolute atomic E-state index is 12.0. The van der Waals surface area contributed by atoms with Gasteiger partial charge in [0, 0.05) is 11.4 Å². The summed E-state index contributed by atoms with van der Waals surface area (Å²) < 4.78 is 10.7. The Morgan fingerprint density at radius 1 is 0.867 bits per heavy atom. The zero-order chi connectivity index (χ0) is 22.1. The summed E-state index contributed by atoms with van der Waals surface area (Å²) >= 11 is 0. The minimum absolute atomic E-state index is 0.286. The smallest absolute Gasteiger partial charge is 0.411 e. The Kier molecular flexibility index (Phi) is 8.64. The number of aryl methyl sites for hydroxylation is 2. The molecule has 4 N–H and O–H groups in total. The lowest BCUT2D eigenvalue weighted by atomic mass is 10.2. The SMILES string of the molecule is Cc1cccc(NC(=O)OC(C)CN(N)CC(C)OC(=O)Nc2cccc(C)c2)c1. The summed E-state index contributed by atoms with van der Waals surface area (Å²) in [5.41, 5.74) is 3.40. The van der Waals surface area contributed by atoms with Gasteiger partial charge >= 0.3 is 12.2 Å². The maximum atomic E-state index is 12.0. The first-order valence-electron chi connectivity index (χ1n) is 9.79. The molecule has 2 amide bonds. The van der Waals surface area contributed by atoms with Crippen LogP contribution >= 0.6 is 0 Å². The van der Waals surface area contributed by atoms with Crippen molar-refractivity contribution in [3.8, 4) is 0 Å². The Hall–Kier alpha value is -3.10. The lowest BCUT2D eigenvalue weighted by Crippen LogP contribution is -2.44. The Morgan fingerprint density at radius 3 is 1.63 bits per heavy atom. The van der Waals surface area contributed by atoms with Gasteiger partial charge in [-0.2, -0.15) is 0 Å². The van der Waals surface area contributed by atoms with Gasteiger partial charge in [0.25, 0.3) is 0 Å². The normalized spacial score (nSPS) is 12.7. The van der Waals surface area contributed by atoms with E-state index in [1.54, 1.807) is 26.0 Å². The number of carbonyl (C=O) groups is 2. The minimum Gasteiger partial charge on any atom is -0.445 e. The largest absolute Gasteiger partial charge is 0.445 e. The van der Waals surface area contributed by atoms with Crippen LogP contribution in [0.2, 0.25) is 0 Å². The van der Waals surface area contributed by atoms with Crippen LogP contribution in [0.5, 0.6) is 0 Å². The van der Waals surface area contributed by atoms with Crippen molar-refractivity contribution in [1.29, 1.82) is 0 Å². The summed E-state index contributed by atoms with van der Waals surface area (Å²) in [6.07, 6.45) is -2.01. The van der Waals surface area contributed by atoms with E-state index in [0.29, 0.717) is 11.4 Å². The Morgan fingerprint density at radius 2 is 1.27 bits per heavy atom. The minimum atomic E-state index is -0.552. The Labute approximate surface area is 177 Å². The highest BCUT2D eigenvalue weighted by molar-refractivity contribution is 5.85. The lowest BCUT2D eigenvalue weighted by molar-refractivity contribution is 0.0592. The van der Waals surface area contributed by atoms with Crippen LogP contribution in [0.1, 0.15) is 25.0 Å². The molecule has 0 radical (unpaired) electrons. The molecule has 8 nitrogen and oxygen atoms in total. The third-order valence-corrected chi connectivity index (χ3v) is 4.13. The predicted octanol–water partition coefficient (Wildman–Crippen LogP) is 4.05. The van der Waals surface area contributed by atoms with Crippen molar-refractivity contribution >= 4 is 23.6 Å². The number of benzene rings is 2. The molecule has 2 aromatic carbocycles. The van der Waals surface area contributed by atoms with Gasteiger partial charge in [0.1, 0.15) is 12.2 Å². The number of nitrogens with two attached hydrogens (primary N) is 1. The molecule has 0 aliphatic carbocycles. The first-order valence-corrected chi connectivity index (χ1v) is 9.79. The molecule has 30 heavy (non-hydrogen) atoms. The lowest BCUT2D eigenvalue weighted by Gasteiger charge is -2.24. The quantitative estimate of drug-likeness (QED) is 0.444. The topological polar surface area (TPSA) is 106 Å². The van der Waals surface area contributed by atoms with Crippen LogP contribution in [0.15, 0.2) is 48.5 Å². The maximum Gasteiger partial charge on any atom is 0.411 e. The molecule has 0 heterocycles. The van der Waals surface area contributed by atoms with Gasteiger partial charge in [-0.1, -0.05) is 24.3 Å². The van der Waals surface area contributed by atoms with Gasteiger partial charge in [0.2, 0.25) is 0 Å². The number of carbonyl (C=O) groups excluding carboxylic acids is 2. The number of hydrogen-bond acceptors (Lipinski definition) is 6. The molecule has 8 heteroatoms. The molecule has 0 fully saturated rings. The first kappa shape index (κ1) is 23.2. The van der Waals surface area contributed by atoms with Crippen LogP contribution < -0.4 is 16.5 Å². The number of hydrazine groups is 1. The molecule has 0 aliphatic heterocycles. The van der Waals surface area contributed by atoms with E-state index in [4.69, 9.17) is 15.3 Å². The second-order valence-corrected chi connectivity index (χ2v) is 7.37. The van der Waals surface area contributed by atoms with Gasteiger partial charge in [-0.25, -0.2) is 14.6 Å². The fraction of sp³-hybridized carbons (Fsp3) is 0.364. The third kappa shape index (κ3) is 8.50. The van der Waals surface area contributed by atoms with Crippen LogP contribution in [0.25, 0.3) is 0 Å². The van der Waals surface area contributed by atoms with Crippen LogP contribution in [0.4, 0.5) is 21.0 Å². The number of rotatable bonds is 8. The fourth-order valence-corrected chi connectivity index (χ4v) is 2.92. The highest BCUT2D eigenvalue weighted by Crippen LogP contribution is 2.11. The molecule has 0 spiro atoms. The van der Waals surface area contributed by atoms with E-state index in [-0.39, 0.29) is 13.1 Å². The van der Waals surface area contributed by atoms with E-state index in [9.17, 15) is 9.59 Å². The molecular weight excluding hydrogens is 384 g/mol. The molecule has 2 unspecified atom stereocenters. The summed E-state index contributed by atoms with van der Waals surface area (Å²) in [6.45, 7) is 7.94. The molecule has 0 bridgehead atoms. The number of hydrogen-bond donors (Lipinski definition) is 3. The van der Waals surface area contributed by atoms with Crippen LogP contribution in [0.3, 0.4) is 0 Å². The summed E-state index contributed by atoms with van der Waals surface area (Å²) in [6, 6.07) is 14.9. The molecular formula is C22H30N4O4. The standard InChI is InChI=1S/C22H30N4O4/c1-15-7-5-9-19(11-15)24-21(27)29-17(3)13-26(23)14-18(4)30-22(28)25-20-10-6-8-16(2)12-20/h5-12,17-18H,13-14,23H2,1-4H3,(H,24,27)(H,25,28). The van der Waals surface area contributed by atoms with Gasteiger partial charge in [0.05, 0.1) is 13.1 Å². The van der Waals surface area contributed by atoms with E-state index >= 15 is 0 Å². The summed E-state index contributed by atoms with van der Waals surface area (Å²) in [4.78, 5) is 24.0. The van der Waals surface area contributed by atoms with Gasteiger partial charge in [-0.15, -0.1) is 0 Å². The van der Waals surface area contributed by atoms with E-state index in [1.165, 1.54) is 5.01 Å². The summed E-state index contributed by atoms with van der Waals surface area (Å²) in [5.74, 6) is 5.98. The predicted molar refractivity (Wildman–Crippen MR) is 117 cm³/mol. The molecule has 2 rings (SSSR count). The van der Waals surface area contributed by atoms with Crippen LogP contribution in [-0.4, -0.2) is 42.5 Å². The number of nitrogens with one attached hydrogen (secondary N) is 2. The second-order valence-electron chi connectivity index (χ2n) is 7.37. The van der Waals surface area contributed by atoms with Gasteiger partial charge in [-0.3, -0.25) is 16.5 Å². The van der Waals surface area contributed by atoms with Crippen molar-refractivity contribution < 1.29 is 19.1 Å². The monoisotopic (exact) mass is 414 g/mol. The zero-order valence-corrected chi connectivity index (χ0v) is 17.8. The molecule has 0 saturated heterocycles. The van der Waals surface area contributed by atoms with E-state index < -0.39 is 24.4 Å². The van der Waals surface area contributed by atoms with Crippen molar-refractivity contribution in [2.45, 2.75) is 39.9 Å². The zero-order valence-electron chi connectivity index (χ0n) is 17.8. The number of ether oxygens (including phenoxy) is 2. The number of anilines is 2. The Balaban J connectivity index is 1.71. The second kappa shape index (κ2) is 11.2. The van der Waals surface area contributed by atoms with E-state index in [0.717, 1.165) is 11.1 Å². The van der Waals surface area contributed by atoms with Crippen molar-refractivity contribution in [3.05, 3.63) is 59.7 Å². The van der Waals surface area contributed by atoms with Crippen LogP contribution in [0, 0.1) is 13.8 Å². The average molecular weight is 415 g/mol. The fourth-order valence-electron chi connectivity index (χ4n) is 2.92. The van der Waals surface area contributed by atoms with E-state index in [2.05, 4.69) is 10.6 Å². The molecule has 2 atom stereocenters. The average Bonchev–Trinajstić information content (AvgIpc) is 2.60. The molecule has 2 aromatic rings. The molecule has 0 aliphatic rings. The first-order chi connectivity index (χ1) is 14.2. The summed E-state index contributed by atoms with van der Waals surface area (Å²) in [7, 11) is 0. The molecule has 0 aromatic heterocycles. The van der Waals surface area contributed by atoms with Gasteiger partial charge < -0.3 is 9.47 Å². The highest BCUT2D eigenvalue weighted by atomic mass is 16.6. The van der Waals surface area contributed by atoms with Crippen molar-refractivity contribution in [1.82, 2.24) is 5.01 Å². The number of amides is 2. The summed E-state index contributed by atoms with van der Waals surface area (Å²) in [5, 5.41) is 6.82. The highest BCUT2D eigenvalue weighted by Gasteiger charge is 2.17. The van der Waals surface area contributed by atoms with E-state index in [1.807, 2.05) is 50.2 Å². The van der Waals surface area contributed by atoms with Crippen molar-refractivity contribution in [2.75, 3.05) is 23.7 Å². The number of nitrogens with zero attached hydrogens (tertiary/aromatic N) is 1. The Bertz CT molecular complexity index is 789.